The minimum atomic E-state index is -4.51. The number of aryl methyl sites for hydroxylation is 1. The monoisotopic (exact) mass is 285 g/mol. The maximum atomic E-state index is 13.7. The Bertz CT molecular complexity index is 638. The maximum absolute atomic E-state index is 13.7. The van der Waals surface area contributed by atoms with Crippen LogP contribution in [0.3, 0.4) is 0 Å². The van der Waals surface area contributed by atoms with Crippen molar-refractivity contribution in [3.05, 3.63) is 53.0 Å². The van der Waals surface area contributed by atoms with Gasteiger partial charge in [0.05, 0.1) is 12.2 Å². The Morgan fingerprint density at radius 2 is 1.85 bits per heavy atom. The fraction of sp³-hybridized carbons (Fsp3) is 0.214. The Balaban J connectivity index is 2.60. The molecule has 1 heterocycles. The van der Waals surface area contributed by atoms with Gasteiger partial charge in [0.1, 0.15) is 11.5 Å². The van der Waals surface area contributed by atoms with Crippen LogP contribution in [0.2, 0.25) is 0 Å². The maximum Gasteiger partial charge on any atom is 0.416 e. The van der Waals surface area contributed by atoms with E-state index in [1.165, 1.54) is 12.1 Å². The molecule has 1 aromatic carbocycles. The molecule has 0 saturated heterocycles. The summed E-state index contributed by atoms with van der Waals surface area (Å²) in [5.74, 6) is -0.648. The molecule has 0 radical (unpaired) electrons. The van der Waals surface area contributed by atoms with Gasteiger partial charge in [-0.15, -0.1) is 0 Å². The molecular weight excluding hydrogens is 274 g/mol. The minimum Gasteiger partial charge on any atom is -0.392 e. The first kappa shape index (κ1) is 14.5. The highest BCUT2D eigenvalue weighted by molar-refractivity contribution is 5.65. The lowest BCUT2D eigenvalue weighted by molar-refractivity contribution is -0.137. The molecule has 6 heteroatoms. The number of aliphatic hydroxyl groups is 1. The quantitative estimate of drug-likeness (QED) is 0.853. The third kappa shape index (κ3) is 2.80. The van der Waals surface area contributed by atoms with Gasteiger partial charge in [0.2, 0.25) is 0 Å². The summed E-state index contributed by atoms with van der Waals surface area (Å²) in [5, 5.41) is 9.21. The van der Waals surface area contributed by atoms with Gasteiger partial charge in [0.15, 0.2) is 0 Å². The summed E-state index contributed by atoms with van der Waals surface area (Å²) in [7, 11) is 0. The molecule has 0 amide bonds. The number of aliphatic hydroxyl groups excluding tert-OH is 1. The van der Waals surface area contributed by atoms with E-state index in [4.69, 9.17) is 0 Å². The van der Waals surface area contributed by atoms with Crippen molar-refractivity contribution in [2.24, 2.45) is 0 Å². The highest BCUT2D eigenvalue weighted by atomic mass is 19.4. The summed E-state index contributed by atoms with van der Waals surface area (Å²) < 4.78 is 51.6. The highest BCUT2D eigenvalue weighted by Crippen LogP contribution is 2.33. The van der Waals surface area contributed by atoms with Gasteiger partial charge in [0.25, 0.3) is 0 Å². The van der Waals surface area contributed by atoms with Crippen LogP contribution in [0.5, 0.6) is 0 Å². The SMILES string of the molecule is Cc1ccc(F)c(-c2ccc(C(F)(F)F)cc2CO)n1. The second kappa shape index (κ2) is 5.20. The topological polar surface area (TPSA) is 33.1 Å². The van der Waals surface area contributed by atoms with Crippen molar-refractivity contribution < 1.29 is 22.7 Å². The average molecular weight is 285 g/mol. The lowest BCUT2D eigenvalue weighted by Crippen LogP contribution is -2.06. The molecule has 0 bridgehead atoms. The normalized spacial score (nSPS) is 11.7. The molecule has 0 saturated carbocycles. The summed E-state index contributed by atoms with van der Waals surface area (Å²) in [4.78, 5) is 3.98. The average Bonchev–Trinajstić information content (AvgIpc) is 2.40. The largest absolute Gasteiger partial charge is 0.416 e. The van der Waals surface area contributed by atoms with Gasteiger partial charge >= 0.3 is 6.18 Å². The van der Waals surface area contributed by atoms with E-state index in [1.807, 2.05) is 0 Å². The van der Waals surface area contributed by atoms with Gasteiger partial charge in [0, 0.05) is 11.3 Å². The number of alkyl halides is 3. The fourth-order valence-electron chi connectivity index (χ4n) is 1.86. The Morgan fingerprint density at radius 3 is 2.45 bits per heavy atom. The first-order valence-corrected chi connectivity index (χ1v) is 5.77. The number of pyridine rings is 1. The van der Waals surface area contributed by atoms with Crippen molar-refractivity contribution in [2.75, 3.05) is 0 Å². The molecule has 0 unspecified atom stereocenters. The number of benzene rings is 1. The van der Waals surface area contributed by atoms with Crippen LogP contribution < -0.4 is 0 Å². The van der Waals surface area contributed by atoms with Gasteiger partial charge in [-0.25, -0.2) is 4.39 Å². The lowest BCUT2D eigenvalue weighted by atomic mass is 10.0. The van der Waals surface area contributed by atoms with Crippen molar-refractivity contribution in [2.45, 2.75) is 19.7 Å². The predicted molar refractivity (Wildman–Crippen MR) is 65.3 cm³/mol. The predicted octanol–water partition coefficient (Wildman–Crippen LogP) is 3.71. The molecule has 0 aliphatic carbocycles. The van der Waals surface area contributed by atoms with E-state index in [2.05, 4.69) is 4.98 Å². The molecule has 20 heavy (non-hydrogen) atoms. The van der Waals surface area contributed by atoms with Gasteiger partial charge in [-0.3, -0.25) is 4.98 Å². The molecule has 1 aromatic heterocycles. The van der Waals surface area contributed by atoms with Crippen LogP contribution in [0, 0.1) is 12.7 Å². The second-order valence-corrected chi connectivity index (χ2v) is 4.31. The lowest BCUT2D eigenvalue weighted by Gasteiger charge is -2.12. The molecule has 0 fully saturated rings. The van der Waals surface area contributed by atoms with E-state index in [9.17, 15) is 22.7 Å². The molecule has 1 N–H and O–H groups in total. The minimum absolute atomic E-state index is 0.0168. The van der Waals surface area contributed by atoms with Crippen molar-refractivity contribution in [3.8, 4) is 11.3 Å². The summed E-state index contributed by atoms with van der Waals surface area (Å²) in [6.07, 6.45) is -4.51. The summed E-state index contributed by atoms with van der Waals surface area (Å²) in [6.45, 7) is 1.01. The second-order valence-electron chi connectivity index (χ2n) is 4.31. The summed E-state index contributed by atoms with van der Waals surface area (Å²) in [5.41, 5.74) is -0.287. The smallest absolute Gasteiger partial charge is 0.392 e. The van der Waals surface area contributed by atoms with Crippen LogP contribution in [0.4, 0.5) is 17.6 Å². The van der Waals surface area contributed by atoms with Crippen molar-refractivity contribution in [1.82, 2.24) is 4.98 Å². The standard InChI is InChI=1S/C14H11F4NO/c1-8-2-5-12(15)13(19-8)11-4-3-10(14(16,17)18)6-9(11)7-20/h2-6,20H,7H2,1H3. The van der Waals surface area contributed by atoms with Crippen molar-refractivity contribution >= 4 is 0 Å². The van der Waals surface area contributed by atoms with Gasteiger partial charge < -0.3 is 5.11 Å². The molecular formula is C14H11F4NO. The molecule has 0 atom stereocenters. The van der Waals surface area contributed by atoms with Crippen LogP contribution in [0.25, 0.3) is 11.3 Å². The molecule has 2 rings (SSSR count). The summed E-state index contributed by atoms with van der Waals surface area (Å²) >= 11 is 0. The van der Waals surface area contributed by atoms with Crippen LogP contribution in [0.15, 0.2) is 30.3 Å². The molecule has 0 aliphatic heterocycles. The van der Waals surface area contributed by atoms with Crippen LogP contribution >= 0.6 is 0 Å². The number of halogens is 4. The number of hydrogen-bond acceptors (Lipinski definition) is 2. The molecule has 2 nitrogen and oxygen atoms in total. The van der Waals surface area contributed by atoms with Gasteiger partial charge in [-0.2, -0.15) is 13.2 Å². The Labute approximate surface area is 112 Å². The van der Waals surface area contributed by atoms with Gasteiger partial charge in [-0.05, 0) is 36.8 Å². The number of aromatic nitrogens is 1. The van der Waals surface area contributed by atoms with E-state index in [0.717, 1.165) is 18.2 Å². The van der Waals surface area contributed by atoms with Crippen molar-refractivity contribution in [1.29, 1.82) is 0 Å². The zero-order chi connectivity index (χ0) is 14.9. The molecule has 0 aliphatic rings. The van der Waals surface area contributed by atoms with Crippen molar-refractivity contribution in [3.63, 3.8) is 0 Å². The Hall–Kier alpha value is -1.95. The number of hydrogen-bond donors (Lipinski definition) is 1. The van der Waals surface area contributed by atoms with E-state index in [-0.39, 0.29) is 16.8 Å². The third-order valence-electron chi connectivity index (χ3n) is 2.84. The first-order chi connectivity index (χ1) is 9.32. The first-order valence-electron chi connectivity index (χ1n) is 5.77. The third-order valence-corrected chi connectivity index (χ3v) is 2.84. The Morgan fingerprint density at radius 1 is 1.15 bits per heavy atom. The summed E-state index contributed by atoms with van der Waals surface area (Å²) in [6, 6.07) is 5.42. The highest BCUT2D eigenvalue weighted by Gasteiger charge is 2.31. The number of nitrogens with zero attached hydrogens (tertiary/aromatic N) is 1. The van der Waals surface area contributed by atoms with E-state index >= 15 is 0 Å². The Kier molecular flexibility index (Phi) is 3.76. The van der Waals surface area contributed by atoms with Crippen LogP contribution in [-0.2, 0) is 12.8 Å². The molecule has 0 spiro atoms. The molecule has 2 aromatic rings. The zero-order valence-electron chi connectivity index (χ0n) is 10.5. The van der Waals surface area contributed by atoms with Crippen LogP contribution in [0.1, 0.15) is 16.8 Å². The van der Waals surface area contributed by atoms with E-state index in [0.29, 0.717) is 5.69 Å². The van der Waals surface area contributed by atoms with Crippen LogP contribution in [-0.4, -0.2) is 10.1 Å². The number of rotatable bonds is 2. The fourth-order valence-corrected chi connectivity index (χ4v) is 1.86. The van der Waals surface area contributed by atoms with E-state index < -0.39 is 24.2 Å². The van der Waals surface area contributed by atoms with Gasteiger partial charge in [-0.1, -0.05) is 6.07 Å². The van der Waals surface area contributed by atoms with E-state index in [1.54, 1.807) is 6.92 Å². The zero-order valence-corrected chi connectivity index (χ0v) is 10.5. The molecule has 106 valence electrons.